The van der Waals surface area contributed by atoms with Gasteiger partial charge in [0.2, 0.25) is 6.79 Å². The van der Waals surface area contributed by atoms with Crippen LogP contribution in [0.15, 0.2) is 57.9 Å². The van der Waals surface area contributed by atoms with E-state index in [9.17, 15) is 14.4 Å². The molecule has 166 valence electrons. The molecule has 2 aliphatic heterocycles. The lowest BCUT2D eigenvalue weighted by Gasteiger charge is -2.14. The van der Waals surface area contributed by atoms with E-state index in [0.29, 0.717) is 39.2 Å². The molecule has 3 heterocycles. The zero-order valence-electron chi connectivity index (χ0n) is 16.7. The van der Waals surface area contributed by atoms with E-state index in [-0.39, 0.29) is 23.8 Å². The minimum Gasteiger partial charge on any atom is -0.478 e. The Hall–Kier alpha value is -3.69. The van der Waals surface area contributed by atoms with Gasteiger partial charge in [0.1, 0.15) is 11.5 Å². The second kappa shape index (κ2) is 8.34. The normalized spacial score (nSPS) is 16.2. The third-order valence-corrected chi connectivity index (χ3v) is 6.32. The molecule has 5 rings (SSSR count). The number of nitrogens with zero attached hydrogens (tertiary/aromatic N) is 1. The lowest BCUT2D eigenvalue weighted by molar-refractivity contribution is -0.123. The molecule has 2 amide bonds. The number of rotatable bonds is 5. The van der Waals surface area contributed by atoms with Gasteiger partial charge in [-0.25, -0.2) is 4.79 Å². The van der Waals surface area contributed by atoms with E-state index in [0.717, 1.165) is 16.7 Å². The number of furan rings is 1. The van der Waals surface area contributed by atoms with Crippen molar-refractivity contribution in [3.8, 4) is 22.8 Å². The first-order chi connectivity index (χ1) is 15.9. The molecular weight excluding hydrogens is 470 g/mol. The minimum absolute atomic E-state index is 0.00316. The number of amides is 2. The fourth-order valence-electron chi connectivity index (χ4n) is 3.38. The van der Waals surface area contributed by atoms with E-state index in [1.165, 1.54) is 18.2 Å². The van der Waals surface area contributed by atoms with Crippen LogP contribution in [0, 0.1) is 0 Å². The highest BCUT2D eigenvalue weighted by Crippen LogP contribution is 2.39. The number of halogens is 1. The van der Waals surface area contributed by atoms with E-state index < -0.39 is 17.1 Å². The molecule has 2 aliphatic rings. The SMILES string of the molecule is O=C(O)c1ccc(-c2ccc(C=C3SC(=O)N(Cc4cc5c(cc4Cl)OCO5)C3=O)o2)cc1. The molecule has 1 aromatic heterocycles. The molecule has 1 saturated heterocycles. The quantitative estimate of drug-likeness (QED) is 0.489. The van der Waals surface area contributed by atoms with Gasteiger partial charge in [0.05, 0.1) is 17.0 Å². The molecule has 8 nitrogen and oxygen atoms in total. The third-order valence-electron chi connectivity index (χ3n) is 5.06. The van der Waals surface area contributed by atoms with E-state index in [2.05, 4.69) is 0 Å². The number of carboxylic acid groups (broad SMARTS) is 1. The number of carbonyl (C=O) groups excluding carboxylic acids is 2. The lowest BCUT2D eigenvalue weighted by atomic mass is 10.1. The Kier molecular flexibility index (Phi) is 5.35. The molecule has 0 saturated carbocycles. The van der Waals surface area contributed by atoms with Gasteiger partial charge >= 0.3 is 5.97 Å². The van der Waals surface area contributed by atoms with Crippen molar-refractivity contribution in [1.82, 2.24) is 4.90 Å². The van der Waals surface area contributed by atoms with Crippen LogP contribution in [-0.4, -0.2) is 33.9 Å². The summed E-state index contributed by atoms with van der Waals surface area (Å²) in [7, 11) is 0. The highest BCUT2D eigenvalue weighted by Gasteiger charge is 2.36. The van der Waals surface area contributed by atoms with Crippen LogP contribution in [0.2, 0.25) is 5.02 Å². The largest absolute Gasteiger partial charge is 0.478 e. The lowest BCUT2D eigenvalue weighted by Crippen LogP contribution is -2.27. The number of imide groups is 1. The predicted molar refractivity (Wildman–Crippen MR) is 120 cm³/mol. The number of thioether (sulfide) groups is 1. The van der Waals surface area contributed by atoms with Crippen LogP contribution in [0.25, 0.3) is 17.4 Å². The molecule has 33 heavy (non-hydrogen) atoms. The first-order valence-corrected chi connectivity index (χ1v) is 10.9. The van der Waals surface area contributed by atoms with Gasteiger partial charge in [0, 0.05) is 22.7 Å². The summed E-state index contributed by atoms with van der Waals surface area (Å²) in [6, 6.07) is 12.9. The Morgan fingerprint density at radius 1 is 1.09 bits per heavy atom. The van der Waals surface area contributed by atoms with Crippen molar-refractivity contribution in [2.45, 2.75) is 6.54 Å². The van der Waals surface area contributed by atoms with E-state index in [1.807, 2.05) is 0 Å². The molecule has 2 aromatic carbocycles. The number of aromatic carboxylic acids is 1. The summed E-state index contributed by atoms with van der Waals surface area (Å²) in [6.07, 6.45) is 1.50. The second-order valence-electron chi connectivity index (χ2n) is 7.15. The summed E-state index contributed by atoms with van der Waals surface area (Å²) in [5.41, 5.74) is 1.42. The maximum absolute atomic E-state index is 12.9. The zero-order valence-corrected chi connectivity index (χ0v) is 18.3. The van der Waals surface area contributed by atoms with Crippen LogP contribution in [0.1, 0.15) is 21.7 Å². The van der Waals surface area contributed by atoms with Gasteiger partial charge in [0.25, 0.3) is 11.1 Å². The van der Waals surface area contributed by atoms with Crippen molar-refractivity contribution in [3.05, 3.63) is 75.3 Å². The summed E-state index contributed by atoms with van der Waals surface area (Å²) in [6.45, 7) is 0.0884. The number of hydrogen-bond acceptors (Lipinski definition) is 7. The van der Waals surface area contributed by atoms with Crippen molar-refractivity contribution >= 4 is 46.6 Å². The van der Waals surface area contributed by atoms with E-state index in [4.69, 9.17) is 30.6 Å². The molecule has 0 spiro atoms. The molecule has 0 atom stereocenters. The molecule has 10 heteroatoms. The van der Waals surface area contributed by atoms with Crippen molar-refractivity contribution in [2.75, 3.05) is 6.79 Å². The van der Waals surface area contributed by atoms with Gasteiger partial charge in [-0.2, -0.15) is 0 Å². The summed E-state index contributed by atoms with van der Waals surface area (Å²) >= 11 is 7.09. The van der Waals surface area contributed by atoms with Crippen LogP contribution in [0.4, 0.5) is 4.79 Å². The smallest absolute Gasteiger partial charge is 0.335 e. The number of ether oxygens (including phenoxy) is 2. The Morgan fingerprint density at radius 3 is 2.55 bits per heavy atom. The highest BCUT2D eigenvalue weighted by molar-refractivity contribution is 8.18. The average molecular weight is 484 g/mol. The Labute approximate surface area is 196 Å². The Morgan fingerprint density at radius 2 is 1.82 bits per heavy atom. The fourth-order valence-corrected chi connectivity index (χ4v) is 4.41. The first kappa shape index (κ1) is 21.2. The third kappa shape index (κ3) is 4.08. The predicted octanol–water partition coefficient (Wildman–Crippen LogP) is 5.26. The first-order valence-electron chi connectivity index (χ1n) is 9.66. The average Bonchev–Trinajstić information content (AvgIpc) is 3.51. The summed E-state index contributed by atoms with van der Waals surface area (Å²) in [5.74, 6) is 0.450. The van der Waals surface area contributed by atoms with Crippen molar-refractivity contribution in [2.24, 2.45) is 0 Å². The van der Waals surface area contributed by atoms with Crippen LogP contribution in [0.5, 0.6) is 11.5 Å². The van der Waals surface area contributed by atoms with E-state index >= 15 is 0 Å². The standard InChI is InChI=1S/C23H14ClNO7S/c24-16-9-19-18(30-11-31-19)7-14(16)10-25-21(26)20(33-23(25)29)8-15-5-6-17(32-15)12-1-3-13(4-2-12)22(27)28/h1-9H,10-11H2,(H,27,28). The number of benzene rings is 2. The molecule has 1 N–H and O–H groups in total. The molecule has 0 aliphatic carbocycles. The molecule has 3 aromatic rings. The number of hydrogen-bond donors (Lipinski definition) is 1. The molecule has 0 unspecified atom stereocenters. The van der Waals surface area contributed by atoms with Crippen molar-refractivity contribution in [1.29, 1.82) is 0 Å². The Bertz CT molecular complexity index is 1330. The van der Waals surface area contributed by atoms with Crippen LogP contribution < -0.4 is 9.47 Å². The maximum Gasteiger partial charge on any atom is 0.335 e. The molecule has 0 bridgehead atoms. The maximum atomic E-state index is 12.9. The minimum atomic E-state index is -1.01. The molecule has 0 radical (unpaired) electrons. The molecular formula is C23H14ClNO7S. The van der Waals surface area contributed by atoms with Crippen molar-refractivity contribution in [3.63, 3.8) is 0 Å². The van der Waals surface area contributed by atoms with Gasteiger partial charge in [0.15, 0.2) is 11.5 Å². The monoisotopic (exact) mass is 483 g/mol. The number of carboxylic acids is 1. The summed E-state index contributed by atoms with van der Waals surface area (Å²) < 4.78 is 16.4. The summed E-state index contributed by atoms with van der Waals surface area (Å²) in [4.78, 5) is 37.7. The van der Waals surface area contributed by atoms with Crippen LogP contribution >= 0.6 is 23.4 Å². The number of carbonyl (C=O) groups is 3. The Balaban J connectivity index is 1.34. The zero-order chi connectivity index (χ0) is 23.1. The molecule has 1 fully saturated rings. The van der Waals surface area contributed by atoms with Gasteiger partial charge < -0.3 is 19.0 Å². The summed E-state index contributed by atoms with van der Waals surface area (Å²) in [5, 5.41) is 8.96. The number of fused-ring (bicyclic) bond motifs is 1. The highest BCUT2D eigenvalue weighted by atomic mass is 35.5. The van der Waals surface area contributed by atoms with Crippen LogP contribution in [-0.2, 0) is 11.3 Å². The van der Waals surface area contributed by atoms with E-state index in [1.54, 1.807) is 36.4 Å². The fraction of sp³-hybridized carbons (Fsp3) is 0.0870. The second-order valence-corrected chi connectivity index (χ2v) is 8.55. The van der Waals surface area contributed by atoms with Crippen LogP contribution in [0.3, 0.4) is 0 Å². The van der Waals surface area contributed by atoms with Crippen molar-refractivity contribution < 1.29 is 33.4 Å². The van der Waals surface area contributed by atoms with Gasteiger partial charge in [-0.05, 0) is 47.7 Å². The van der Waals surface area contributed by atoms with Gasteiger partial charge in [-0.3, -0.25) is 14.5 Å². The van der Waals surface area contributed by atoms with Gasteiger partial charge in [-0.1, -0.05) is 23.7 Å². The van der Waals surface area contributed by atoms with Gasteiger partial charge in [-0.15, -0.1) is 0 Å². The topological polar surface area (TPSA) is 106 Å².